The van der Waals surface area contributed by atoms with E-state index < -0.39 is 23.3 Å². The summed E-state index contributed by atoms with van der Waals surface area (Å²) in [6.07, 6.45) is 5.78. The normalized spacial score (nSPS) is 19.8. The van der Waals surface area contributed by atoms with Gasteiger partial charge in [-0.1, -0.05) is 60.7 Å². The van der Waals surface area contributed by atoms with Crippen LogP contribution in [-0.4, -0.2) is 6.61 Å². The summed E-state index contributed by atoms with van der Waals surface area (Å²) in [5.74, 6) is -3.28. The molecule has 0 N–H and O–H groups in total. The highest BCUT2D eigenvalue weighted by Gasteiger charge is 2.30. The monoisotopic (exact) mass is 450 g/mol. The molecular weight excluding hydrogens is 428 g/mol. The van der Waals surface area contributed by atoms with Crippen LogP contribution in [0.2, 0.25) is 0 Å². The highest BCUT2D eigenvalue weighted by Crippen LogP contribution is 2.38. The van der Waals surface area contributed by atoms with Crippen LogP contribution in [0.15, 0.2) is 67.3 Å². The molecule has 0 saturated carbocycles. The van der Waals surface area contributed by atoms with Crippen LogP contribution in [-0.2, 0) is 4.74 Å². The van der Waals surface area contributed by atoms with Crippen molar-refractivity contribution in [3.05, 3.63) is 102 Å². The van der Waals surface area contributed by atoms with Crippen LogP contribution in [0.1, 0.15) is 36.5 Å². The van der Waals surface area contributed by atoms with E-state index in [1.807, 2.05) is 12.2 Å². The van der Waals surface area contributed by atoms with Gasteiger partial charge in [-0.2, -0.15) is 0 Å². The number of hydrogen-bond donors (Lipinski definition) is 0. The number of hydrogen-bond acceptors (Lipinski definition) is 1. The van der Waals surface area contributed by atoms with Gasteiger partial charge in [-0.25, -0.2) is 17.6 Å². The van der Waals surface area contributed by atoms with Gasteiger partial charge in [0.2, 0.25) is 0 Å². The van der Waals surface area contributed by atoms with E-state index in [1.54, 1.807) is 36.4 Å². The molecule has 0 aromatic heterocycles. The smallest absolute Gasteiger partial charge is 0.167 e. The fraction of sp³-hybridized carbons (Fsp3) is 0.214. The maximum absolute atomic E-state index is 15.0. The molecule has 3 aromatic rings. The summed E-state index contributed by atoms with van der Waals surface area (Å²) in [4.78, 5) is 0. The Labute approximate surface area is 190 Å². The Morgan fingerprint density at radius 1 is 0.758 bits per heavy atom. The van der Waals surface area contributed by atoms with Gasteiger partial charge in [0, 0.05) is 22.3 Å². The Hall–Kier alpha value is -3.18. The third-order valence-corrected chi connectivity index (χ3v) is 6.51. The fourth-order valence-electron chi connectivity index (χ4n) is 4.43. The lowest BCUT2D eigenvalue weighted by molar-refractivity contribution is 0.401. The Kier molecular flexibility index (Phi) is 5.67. The molecule has 0 spiro atoms. The lowest BCUT2D eigenvalue weighted by Crippen LogP contribution is -2.04. The van der Waals surface area contributed by atoms with Crippen molar-refractivity contribution in [2.45, 2.75) is 25.4 Å². The SMILES string of the molecule is C=CC1CC=C(c2ccc(-c3ccc(-c4ccc(C5CO5)c(F)c4F)cc3)c(F)c2F)CC1. The van der Waals surface area contributed by atoms with Gasteiger partial charge in [0.1, 0.15) is 6.10 Å². The minimum Gasteiger partial charge on any atom is -0.368 e. The molecule has 1 fully saturated rings. The molecule has 2 unspecified atom stereocenters. The number of halogens is 4. The molecule has 33 heavy (non-hydrogen) atoms. The predicted octanol–water partition coefficient (Wildman–Crippen LogP) is 8.02. The fourth-order valence-corrected chi connectivity index (χ4v) is 4.43. The zero-order chi connectivity index (χ0) is 23.1. The lowest BCUT2D eigenvalue weighted by Gasteiger charge is -2.20. The first-order chi connectivity index (χ1) is 16.0. The molecule has 0 amide bonds. The number of epoxide rings is 1. The molecule has 3 aromatic carbocycles. The van der Waals surface area contributed by atoms with Gasteiger partial charge in [0.25, 0.3) is 0 Å². The molecule has 2 atom stereocenters. The number of rotatable bonds is 5. The molecule has 0 radical (unpaired) electrons. The second kappa shape index (κ2) is 8.64. The molecule has 5 heteroatoms. The summed E-state index contributed by atoms with van der Waals surface area (Å²) >= 11 is 0. The first-order valence-electron chi connectivity index (χ1n) is 11.0. The van der Waals surface area contributed by atoms with Crippen LogP contribution in [0, 0.1) is 29.2 Å². The average molecular weight is 450 g/mol. The highest BCUT2D eigenvalue weighted by molar-refractivity contribution is 5.74. The largest absolute Gasteiger partial charge is 0.368 e. The minimum atomic E-state index is -0.947. The third kappa shape index (κ3) is 4.02. The van der Waals surface area contributed by atoms with Crippen molar-refractivity contribution in [3.63, 3.8) is 0 Å². The quantitative estimate of drug-likeness (QED) is 0.218. The van der Waals surface area contributed by atoms with Gasteiger partial charge in [-0.3, -0.25) is 0 Å². The van der Waals surface area contributed by atoms with Crippen molar-refractivity contribution >= 4 is 5.57 Å². The summed E-state index contributed by atoms with van der Waals surface area (Å²) in [7, 11) is 0. The summed E-state index contributed by atoms with van der Waals surface area (Å²) in [5, 5.41) is 0. The molecule has 1 aliphatic heterocycles. The van der Waals surface area contributed by atoms with Crippen molar-refractivity contribution in [2.75, 3.05) is 6.61 Å². The van der Waals surface area contributed by atoms with E-state index >= 15 is 0 Å². The third-order valence-electron chi connectivity index (χ3n) is 6.51. The molecule has 1 aliphatic carbocycles. The predicted molar refractivity (Wildman–Crippen MR) is 121 cm³/mol. The van der Waals surface area contributed by atoms with Crippen LogP contribution in [0.4, 0.5) is 17.6 Å². The Morgan fingerprint density at radius 3 is 1.85 bits per heavy atom. The van der Waals surface area contributed by atoms with Crippen LogP contribution >= 0.6 is 0 Å². The van der Waals surface area contributed by atoms with Gasteiger partial charge < -0.3 is 4.74 Å². The van der Waals surface area contributed by atoms with Crippen LogP contribution < -0.4 is 0 Å². The van der Waals surface area contributed by atoms with E-state index in [0.717, 1.165) is 18.4 Å². The minimum absolute atomic E-state index is 0.104. The second-order valence-electron chi connectivity index (χ2n) is 8.52. The van der Waals surface area contributed by atoms with Crippen molar-refractivity contribution < 1.29 is 22.3 Å². The first-order valence-corrected chi connectivity index (χ1v) is 11.0. The maximum atomic E-state index is 15.0. The number of benzene rings is 3. The first kappa shape index (κ1) is 21.7. The van der Waals surface area contributed by atoms with Gasteiger partial charge >= 0.3 is 0 Å². The summed E-state index contributed by atoms with van der Waals surface area (Å²) in [5.41, 5.74) is 2.42. The van der Waals surface area contributed by atoms with Gasteiger partial charge in [-0.05, 0) is 41.9 Å². The Balaban J connectivity index is 1.43. The second-order valence-corrected chi connectivity index (χ2v) is 8.52. The lowest BCUT2D eigenvalue weighted by atomic mass is 9.86. The van der Waals surface area contributed by atoms with E-state index in [9.17, 15) is 17.6 Å². The topological polar surface area (TPSA) is 12.5 Å². The van der Waals surface area contributed by atoms with Crippen molar-refractivity contribution in [1.82, 2.24) is 0 Å². The van der Waals surface area contributed by atoms with Crippen molar-refractivity contribution in [2.24, 2.45) is 5.92 Å². The molecule has 168 valence electrons. The number of allylic oxidation sites excluding steroid dienone is 3. The van der Waals surface area contributed by atoms with Gasteiger partial charge in [0.05, 0.1) is 6.61 Å². The van der Waals surface area contributed by atoms with E-state index in [-0.39, 0.29) is 28.4 Å². The zero-order valence-corrected chi connectivity index (χ0v) is 17.9. The van der Waals surface area contributed by atoms with E-state index in [2.05, 4.69) is 6.58 Å². The molecule has 1 nitrogen and oxygen atoms in total. The molecule has 0 bridgehead atoms. The van der Waals surface area contributed by atoms with Crippen LogP contribution in [0.5, 0.6) is 0 Å². The van der Waals surface area contributed by atoms with Crippen molar-refractivity contribution in [1.29, 1.82) is 0 Å². The van der Waals surface area contributed by atoms with Crippen LogP contribution in [0.25, 0.3) is 27.8 Å². The van der Waals surface area contributed by atoms with Gasteiger partial charge in [0.15, 0.2) is 23.3 Å². The summed E-state index contributed by atoms with van der Waals surface area (Å²) in [6.45, 7) is 4.19. The van der Waals surface area contributed by atoms with Crippen LogP contribution in [0.3, 0.4) is 0 Å². The van der Waals surface area contributed by atoms with E-state index in [4.69, 9.17) is 4.74 Å². The molecule has 2 aliphatic rings. The maximum Gasteiger partial charge on any atom is 0.167 e. The van der Waals surface area contributed by atoms with E-state index in [0.29, 0.717) is 30.1 Å². The molecule has 1 heterocycles. The summed E-state index contributed by atoms with van der Waals surface area (Å²) < 4.78 is 63.9. The Morgan fingerprint density at radius 2 is 1.30 bits per heavy atom. The highest BCUT2D eigenvalue weighted by atomic mass is 19.2. The number of ether oxygens (including phenoxy) is 1. The zero-order valence-electron chi connectivity index (χ0n) is 17.9. The van der Waals surface area contributed by atoms with E-state index in [1.165, 1.54) is 12.1 Å². The van der Waals surface area contributed by atoms with Gasteiger partial charge in [-0.15, -0.1) is 6.58 Å². The standard InChI is InChI=1S/C28H22F4O/c1-2-16-3-5-17(6-4-16)20-11-12-21(26(30)25(20)29)18-7-9-19(10-8-18)22-13-14-23(24-15-33-24)28(32)27(22)31/h2,5,7-14,16,24H,1,3-4,6,15H2. The molecular formula is C28H22F4O. The average Bonchev–Trinajstić information content (AvgIpc) is 3.68. The summed E-state index contributed by atoms with van der Waals surface area (Å²) in [6, 6.07) is 12.5. The Bertz CT molecular complexity index is 1260. The molecule has 1 saturated heterocycles. The molecule has 5 rings (SSSR count). The van der Waals surface area contributed by atoms with Crippen molar-refractivity contribution in [3.8, 4) is 22.3 Å².